The lowest BCUT2D eigenvalue weighted by molar-refractivity contribution is 0.623. The highest BCUT2D eigenvalue weighted by atomic mass is 19.1. The minimum Gasteiger partial charge on any atom is -0.340 e. The van der Waals surface area contributed by atoms with Gasteiger partial charge in [-0.05, 0) is 48.7 Å². The van der Waals surface area contributed by atoms with E-state index in [1.165, 1.54) is 30.5 Å². The van der Waals surface area contributed by atoms with Crippen molar-refractivity contribution in [2.45, 2.75) is 26.2 Å². The van der Waals surface area contributed by atoms with E-state index >= 15 is 0 Å². The number of amidine groups is 1. The first kappa shape index (κ1) is 16.7. The Morgan fingerprint density at radius 3 is 2.52 bits per heavy atom. The SMILES string of the molecule is CCCCc1ccc(NC(=NC)c2ccc(C#N)c(F)c2)cc1. The Bertz CT molecular complexity index is 727. The topological polar surface area (TPSA) is 48.2 Å². The summed E-state index contributed by atoms with van der Waals surface area (Å²) < 4.78 is 13.8. The molecule has 0 unspecified atom stereocenters. The van der Waals surface area contributed by atoms with Crippen LogP contribution in [-0.4, -0.2) is 12.9 Å². The molecule has 0 amide bonds. The zero-order valence-electron chi connectivity index (χ0n) is 13.4. The summed E-state index contributed by atoms with van der Waals surface area (Å²) in [6.45, 7) is 2.18. The monoisotopic (exact) mass is 309 g/mol. The minimum atomic E-state index is -0.539. The second-order valence-electron chi connectivity index (χ2n) is 5.30. The molecule has 0 aromatic heterocycles. The van der Waals surface area contributed by atoms with Crippen molar-refractivity contribution in [3.05, 3.63) is 65.0 Å². The number of benzene rings is 2. The number of halogens is 1. The van der Waals surface area contributed by atoms with Crippen LogP contribution in [-0.2, 0) is 6.42 Å². The standard InChI is InChI=1S/C19H20FN3/c1-3-4-5-14-6-10-17(11-7-14)23-19(22-2)15-8-9-16(13-21)18(20)12-15/h6-12H,3-5H2,1-2H3,(H,22,23). The Balaban J connectivity index is 2.14. The average molecular weight is 309 g/mol. The molecule has 0 bridgehead atoms. The van der Waals surface area contributed by atoms with Crippen molar-refractivity contribution < 1.29 is 4.39 Å². The van der Waals surface area contributed by atoms with E-state index < -0.39 is 5.82 Å². The summed E-state index contributed by atoms with van der Waals surface area (Å²) in [6, 6.07) is 14.5. The largest absolute Gasteiger partial charge is 0.340 e. The van der Waals surface area contributed by atoms with Gasteiger partial charge >= 0.3 is 0 Å². The van der Waals surface area contributed by atoms with Crippen molar-refractivity contribution in [3.8, 4) is 6.07 Å². The lowest BCUT2D eigenvalue weighted by Gasteiger charge is -2.11. The minimum absolute atomic E-state index is 0.0319. The van der Waals surface area contributed by atoms with Gasteiger partial charge in [0.05, 0.1) is 5.56 Å². The van der Waals surface area contributed by atoms with Crippen LogP contribution in [0, 0.1) is 17.1 Å². The van der Waals surface area contributed by atoms with Crippen molar-refractivity contribution in [2.24, 2.45) is 4.99 Å². The molecule has 4 heteroatoms. The van der Waals surface area contributed by atoms with Crippen molar-refractivity contribution in [1.82, 2.24) is 0 Å². The quantitative estimate of drug-likeness (QED) is 0.651. The van der Waals surface area contributed by atoms with Crippen molar-refractivity contribution in [1.29, 1.82) is 5.26 Å². The Hall–Kier alpha value is -2.67. The van der Waals surface area contributed by atoms with E-state index in [0.717, 1.165) is 12.1 Å². The molecule has 2 rings (SSSR count). The van der Waals surface area contributed by atoms with E-state index in [0.29, 0.717) is 11.4 Å². The molecule has 0 atom stereocenters. The van der Waals surface area contributed by atoms with Crippen LogP contribution in [0.5, 0.6) is 0 Å². The molecule has 2 aromatic carbocycles. The van der Waals surface area contributed by atoms with Gasteiger partial charge in [0.25, 0.3) is 0 Å². The maximum Gasteiger partial charge on any atom is 0.141 e. The third-order valence-corrected chi connectivity index (χ3v) is 3.62. The van der Waals surface area contributed by atoms with E-state index in [1.807, 2.05) is 18.2 Å². The zero-order chi connectivity index (χ0) is 16.7. The first-order valence-corrected chi connectivity index (χ1v) is 7.70. The van der Waals surface area contributed by atoms with Crippen LogP contribution in [0.3, 0.4) is 0 Å². The van der Waals surface area contributed by atoms with Crippen molar-refractivity contribution in [2.75, 3.05) is 12.4 Å². The van der Waals surface area contributed by atoms with Crippen LogP contribution < -0.4 is 5.32 Å². The summed E-state index contributed by atoms with van der Waals surface area (Å²) in [5.41, 5.74) is 2.84. The number of rotatable bonds is 5. The molecule has 0 saturated carbocycles. The van der Waals surface area contributed by atoms with Gasteiger partial charge in [-0.25, -0.2) is 4.39 Å². The van der Waals surface area contributed by atoms with Crippen molar-refractivity contribution in [3.63, 3.8) is 0 Å². The summed E-state index contributed by atoms with van der Waals surface area (Å²) in [7, 11) is 1.65. The van der Waals surface area contributed by atoms with Crippen LogP contribution in [0.25, 0.3) is 0 Å². The number of nitrogens with zero attached hydrogens (tertiary/aromatic N) is 2. The summed E-state index contributed by atoms with van der Waals surface area (Å²) in [4.78, 5) is 4.18. The molecule has 3 nitrogen and oxygen atoms in total. The molecule has 0 radical (unpaired) electrons. The molecule has 118 valence electrons. The Kier molecular flexibility index (Phi) is 5.87. The highest BCUT2D eigenvalue weighted by Gasteiger charge is 2.08. The molecular weight excluding hydrogens is 289 g/mol. The molecular formula is C19H20FN3. The summed E-state index contributed by atoms with van der Waals surface area (Å²) in [6.07, 6.45) is 3.43. The van der Waals surface area contributed by atoms with Crippen LogP contribution in [0.4, 0.5) is 10.1 Å². The molecule has 0 spiro atoms. The fourth-order valence-corrected chi connectivity index (χ4v) is 2.28. The second-order valence-corrected chi connectivity index (χ2v) is 5.30. The predicted octanol–water partition coefficient (Wildman–Crippen LogP) is 4.53. The number of aliphatic imine (C=N–C) groups is 1. The summed E-state index contributed by atoms with van der Waals surface area (Å²) in [5.74, 6) is 0.0255. The van der Waals surface area contributed by atoms with Gasteiger partial charge in [0.1, 0.15) is 17.7 Å². The Labute approximate surface area is 136 Å². The average Bonchev–Trinajstić information content (AvgIpc) is 2.58. The molecule has 0 saturated heterocycles. The summed E-state index contributed by atoms with van der Waals surface area (Å²) in [5, 5.41) is 12.0. The maximum absolute atomic E-state index is 13.8. The fourth-order valence-electron chi connectivity index (χ4n) is 2.28. The van der Waals surface area contributed by atoms with Crippen molar-refractivity contribution >= 4 is 11.5 Å². The predicted molar refractivity (Wildman–Crippen MR) is 92.3 cm³/mol. The molecule has 1 N–H and O–H groups in total. The van der Waals surface area contributed by atoms with Crippen LogP contribution in [0.15, 0.2) is 47.5 Å². The van der Waals surface area contributed by atoms with Crippen LogP contribution in [0.2, 0.25) is 0 Å². The van der Waals surface area contributed by atoms with E-state index in [4.69, 9.17) is 5.26 Å². The Morgan fingerprint density at radius 2 is 1.96 bits per heavy atom. The second kappa shape index (κ2) is 8.09. The number of hydrogen-bond donors (Lipinski definition) is 1. The first-order valence-electron chi connectivity index (χ1n) is 7.70. The number of nitriles is 1. The molecule has 23 heavy (non-hydrogen) atoms. The summed E-state index contributed by atoms with van der Waals surface area (Å²) >= 11 is 0. The molecule has 0 heterocycles. The molecule has 0 aliphatic carbocycles. The number of anilines is 1. The molecule has 0 aliphatic heterocycles. The normalized spacial score (nSPS) is 11.1. The number of hydrogen-bond acceptors (Lipinski definition) is 2. The number of unbranched alkanes of at least 4 members (excludes halogenated alkanes) is 1. The van der Waals surface area contributed by atoms with Gasteiger partial charge in [0, 0.05) is 18.3 Å². The number of nitrogens with one attached hydrogen (secondary N) is 1. The van der Waals surface area contributed by atoms with Crippen LogP contribution >= 0.6 is 0 Å². The van der Waals surface area contributed by atoms with Gasteiger partial charge in [-0.1, -0.05) is 25.5 Å². The Morgan fingerprint density at radius 1 is 1.22 bits per heavy atom. The van der Waals surface area contributed by atoms with E-state index in [2.05, 4.69) is 29.4 Å². The van der Waals surface area contributed by atoms with Gasteiger partial charge in [-0.15, -0.1) is 0 Å². The lowest BCUT2D eigenvalue weighted by Crippen LogP contribution is -2.14. The zero-order valence-corrected chi connectivity index (χ0v) is 13.4. The highest BCUT2D eigenvalue weighted by Crippen LogP contribution is 2.15. The van der Waals surface area contributed by atoms with Gasteiger partial charge in [-0.3, -0.25) is 4.99 Å². The van der Waals surface area contributed by atoms with Gasteiger partial charge in [0.2, 0.25) is 0 Å². The third-order valence-electron chi connectivity index (χ3n) is 3.62. The smallest absolute Gasteiger partial charge is 0.141 e. The van der Waals surface area contributed by atoms with Gasteiger partial charge in [-0.2, -0.15) is 5.26 Å². The number of aryl methyl sites for hydroxylation is 1. The van der Waals surface area contributed by atoms with E-state index in [9.17, 15) is 4.39 Å². The van der Waals surface area contributed by atoms with E-state index in [-0.39, 0.29) is 5.56 Å². The van der Waals surface area contributed by atoms with Crippen LogP contribution in [0.1, 0.15) is 36.5 Å². The third kappa shape index (κ3) is 4.40. The van der Waals surface area contributed by atoms with E-state index in [1.54, 1.807) is 13.1 Å². The van der Waals surface area contributed by atoms with Gasteiger partial charge in [0.15, 0.2) is 0 Å². The highest BCUT2D eigenvalue weighted by molar-refractivity contribution is 6.08. The molecule has 0 aliphatic rings. The fraction of sp³-hybridized carbons (Fsp3) is 0.263. The maximum atomic E-state index is 13.8. The molecule has 2 aromatic rings. The molecule has 0 fully saturated rings. The van der Waals surface area contributed by atoms with Gasteiger partial charge < -0.3 is 5.32 Å². The first-order chi connectivity index (χ1) is 11.2. The lowest BCUT2D eigenvalue weighted by atomic mass is 10.1.